The van der Waals surface area contributed by atoms with Crippen LogP contribution < -0.4 is 10.6 Å². The fraction of sp³-hybridized carbons (Fsp3) is 0.357. The summed E-state index contributed by atoms with van der Waals surface area (Å²) in [5.74, 6) is 0. The summed E-state index contributed by atoms with van der Waals surface area (Å²) in [6.45, 7) is 2.81. The molecule has 0 aliphatic rings. The number of benzene rings is 1. The van der Waals surface area contributed by atoms with E-state index in [1.807, 2.05) is 24.3 Å². The monoisotopic (exact) mass is 245 g/mol. The van der Waals surface area contributed by atoms with E-state index in [2.05, 4.69) is 23.9 Å². The van der Waals surface area contributed by atoms with Crippen LogP contribution in [-0.4, -0.2) is 31.8 Å². The SMILES string of the molecule is COCC(C)N(C)c1ccnc2c(N)cccc12. The van der Waals surface area contributed by atoms with E-state index in [9.17, 15) is 0 Å². The van der Waals surface area contributed by atoms with Gasteiger partial charge in [0, 0.05) is 37.5 Å². The van der Waals surface area contributed by atoms with Crippen LogP contribution in [0.1, 0.15) is 6.92 Å². The standard InChI is InChI=1S/C14H19N3O/c1-10(9-18-3)17(2)13-7-8-16-14-11(13)5-4-6-12(14)15/h4-8,10H,9,15H2,1-3H3. The van der Waals surface area contributed by atoms with E-state index in [1.165, 1.54) is 0 Å². The summed E-state index contributed by atoms with van der Waals surface area (Å²) in [5, 5.41) is 1.07. The number of anilines is 2. The largest absolute Gasteiger partial charge is 0.397 e. The van der Waals surface area contributed by atoms with Crippen molar-refractivity contribution in [1.82, 2.24) is 4.98 Å². The van der Waals surface area contributed by atoms with Crippen LogP contribution in [0.5, 0.6) is 0 Å². The molecular weight excluding hydrogens is 226 g/mol. The Labute approximate surface area is 107 Å². The first-order valence-corrected chi connectivity index (χ1v) is 6.00. The molecule has 0 radical (unpaired) electrons. The normalized spacial score (nSPS) is 12.6. The average Bonchev–Trinajstić information content (AvgIpc) is 2.38. The maximum Gasteiger partial charge on any atom is 0.0951 e. The van der Waals surface area contributed by atoms with Crippen LogP contribution in [-0.2, 0) is 4.74 Å². The Morgan fingerprint density at radius 1 is 1.39 bits per heavy atom. The highest BCUT2D eigenvalue weighted by molar-refractivity contribution is 5.97. The zero-order valence-corrected chi connectivity index (χ0v) is 11.1. The van der Waals surface area contributed by atoms with Gasteiger partial charge in [0.1, 0.15) is 0 Å². The zero-order valence-electron chi connectivity index (χ0n) is 11.1. The molecule has 2 N–H and O–H groups in total. The molecule has 2 rings (SSSR count). The second-order valence-corrected chi connectivity index (χ2v) is 4.49. The van der Waals surface area contributed by atoms with Crippen molar-refractivity contribution in [2.75, 3.05) is 31.4 Å². The number of aromatic nitrogens is 1. The third kappa shape index (κ3) is 2.24. The van der Waals surface area contributed by atoms with E-state index in [4.69, 9.17) is 10.5 Å². The first-order valence-electron chi connectivity index (χ1n) is 6.00. The smallest absolute Gasteiger partial charge is 0.0951 e. The minimum Gasteiger partial charge on any atom is -0.397 e. The molecule has 4 nitrogen and oxygen atoms in total. The van der Waals surface area contributed by atoms with Crippen molar-refractivity contribution < 1.29 is 4.74 Å². The third-order valence-electron chi connectivity index (χ3n) is 3.23. The Morgan fingerprint density at radius 2 is 2.17 bits per heavy atom. The molecular formula is C14H19N3O. The Balaban J connectivity index is 2.48. The lowest BCUT2D eigenvalue weighted by Crippen LogP contribution is -2.32. The van der Waals surface area contributed by atoms with E-state index in [0.29, 0.717) is 18.3 Å². The van der Waals surface area contributed by atoms with Gasteiger partial charge in [0.2, 0.25) is 0 Å². The van der Waals surface area contributed by atoms with Gasteiger partial charge in [-0.1, -0.05) is 12.1 Å². The maximum absolute atomic E-state index is 5.95. The molecule has 0 saturated heterocycles. The predicted molar refractivity (Wildman–Crippen MR) is 75.9 cm³/mol. The van der Waals surface area contributed by atoms with Crippen LogP contribution in [0, 0.1) is 0 Å². The summed E-state index contributed by atoms with van der Waals surface area (Å²) in [4.78, 5) is 6.53. The number of hydrogen-bond donors (Lipinski definition) is 1. The van der Waals surface area contributed by atoms with Crippen LogP contribution >= 0.6 is 0 Å². The van der Waals surface area contributed by atoms with Crippen molar-refractivity contribution in [1.29, 1.82) is 0 Å². The average molecular weight is 245 g/mol. The van der Waals surface area contributed by atoms with E-state index in [0.717, 1.165) is 16.6 Å². The fourth-order valence-corrected chi connectivity index (χ4v) is 2.08. The molecule has 1 aromatic carbocycles. The first kappa shape index (κ1) is 12.6. The van der Waals surface area contributed by atoms with Gasteiger partial charge in [-0.15, -0.1) is 0 Å². The van der Waals surface area contributed by atoms with Gasteiger partial charge in [-0.3, -0.25) is 4.98 Å². The maximum atomic E-state index is 5.95. The van der Waals surface area contributed by atoms with Crippen LogP contribution in [0.25, 0.3) is 10.9 Å². The van der Waals surface area contributed by atoms with Gasteiger partial charge >= 0.3 is 0 Å². The van der Waals surface area contributed by atoms with Gasteiger partial charge in [-0.2, -0.15) is 0 Å². The van der Waals surface area contributed by atoms with Gasteiger partial charge in [-0.05, 0) is 19.1 Å². The number of pyridine rings is 1. The second kappa shape index (κ2) is 5.23. The third-order valence-corrected chi connectivity index (χ3v) is 3.23. The lowest BCUT2D eigenvalue weighted by molar-refractivity contribution is 0.183. The van der Waals surface area contributed by atoms with E-state index in [1.54, 1.807) is 13.3 Å². The van der Waals surface area contributed by atoms with Crippen molar-refractivity contribution in [2.24, 2.45) is 0 Å². The zero-order chi connectivity index (χ0) is 13.1. The van der Waals surface area contributed by atoms with Crippen molar-refractivity contribution in [3.05, 3.63) is 30.5 Å². The number of methoxy groups -OCH3 is 1. The Morgan fingerprint density at radius 3 is 2.89 bits per heavy atom. The number of nitrogens with zero attached hydrogens (tertiary/aromatic N) is 2. The van der Waals surface area contributed by atoms with Gasteiger partial charge < -0.3 is 15.4 Å². The number of rotatable bonds is 4. The van der Waals surface area contributed by atoms with Crippen molar-refractivity contribution in [3.63, 3.8) is 0 Å². The van der Waals surface area contributed by atoms with Crippen molar-refractivity contribution >= 4 is 22.3 Å². The highest BCUT2D eigenvalue weighted by atomic mass is 16.5. The molecule has 1 unspecified atom stereocenters. The minimum absolute atomic E-state index is 0.294. The molecule has 4 heteroatoms. The lowest BCUT2D eigenvalue weighted by atomic mass is 10.1. The second-order valence-electron chi connectivity index (χ2n) is 4.49. The van der Waals surface area contributed by atoms with Gasteiger partial charge in [0.05, 0.1) is 17.8 Å². The molecule has 0 amide bonds. The molecule has 18 heavy (non-hydrogen) atoms. The number of ether oxygens (including phenoxy) is 1. The van der Waals surface area contributed by atoms with Gasteiger partial charge in [0.15, 0.2) is 0 Å². The van der Waals surface area contributed by atoms with Crippen LogP contribution in [0.4, 0.5) is 11.4 Å². The summed E-state index contributed by atoms with van der Waals surface area (Å²) in [6.07, 6.45) is 1.80. The summed E-state index contributed by atoms with van der Waals surface area (Å²) in [6, 6.07) is 8.18. The molecule has 0 spiro atoms. The molecule has 1 atom stereocenters. The minimum atomic E-state index is 0.294. The van der Waals surface area contributed by atoms with Gasteiger partial charge in [-0.25, -0.2) is 0 Å². The topological polar surface area (TPSA) is 51.4 Å². The molecule has 0 aliphatic carbocycles. The molecule has 96 valence electrons. The molecule has 0 fully saturated rings. The van der Waals surface area contributed by atoms with Crippen LogP contribution in [0.2, 0.25) is 0 Å². The lowest BCUT2D eigenvalue weighted by Gasteiger charge is -2.27. The predicted octanol–water partition coefficient (Wildman–Crippen LogP) is 2.29. The number of nitrogens with two attached hydrogens (primary N) is 1. The highest BCUT2D eigenvalue weighted by Crippen LogP contribution is 2.28. The fourth-order valence-electron chi connectivity index (χ4n) is 2.08. The summed E-state index contributed by atoms with van der Waals surface area (Å²) in [5.41, 5.74) is 8.64. The van der Waals surface area contributed by atoms with E-state index in [-0.39, 0.29) is 0 Å². The Kier molecular flexibility index (Phi) is 3.67. The molecule has 2 aromatic rings. The van der Waals surface area contributed by atoms with Crippen molar-refractivity contribution in [2.45, 2.75) is 13.0 Å². The van der Waals surface area contributed by atoms with Crippen LogP contribution in [0.3, 0.4) is 0 Å². The van der Waals surface area contributed by atoms with Crippen LogP contribution in [0.15, 0.2) is 30.5 Å². The van der Waals surface area contributed by atoms with E-state index >= 15 is 0 Å². The van der Waals surface area contributed by atoms with E-state index < -0.39 is 0 Å². The molecule has 0 saturated carbocycles. The summed E-state index contributed by atoms with van der Waals surface area (Å²) in [7, 11) is 3.77. The molecule has 0 bridgehead atoms. The molecule has 0 aliphatic heterocycles. The summed E-state index contributed by atoms with van der Waals surface area (Å²) >= 11 is 0. The van der Waals surface area contributed by atoms with Crippen molar-refractivity contribution in [3.8, 4) is 0 Å². The molecule has 1 aromatic heterocycles. The quantitative estimate of drug-likeness (QED) is 0.840. The number of hydrogen-bond acceptors (Lipinski definition) is 4. The number of likely N-dealkylation sites (N-methyl/N-ethyl adjacent to an activating group) is 1. The Bertz CT molecular complexity index is 542. The first-order chi connectivity index (χ1) is 8.65. The van der Waals surface area contributed by atoms with Gasteiger partial charge in [0.25, 0.3) is 0 Å². The highest BCUT2D eigenvalue weighted by Gasteiger charge is 2.13. The Hall–Kier alpha value is -1.81. The number of para-hydroxylation sites is 1. The number of nitrogen functional groups attached to an aromatic ring is 1. The summed E-state index contributed by atoms with van der Waals surface area (Å²) < 4.78 is 5.20. The number of fused-ring (bicyclic) bond motifs is 1. The molecule has 1 heterocycles.